The van der Waals surface area contributed by atoms with E-state index in [2.05, 4.69) is 10.6 Å². The summed E-state index contributed by atoms with van der Waals surface area (Å²) in [5, 5.41) is 15.1. The molecule has 0 aliphatic heterocycles. The molecule has 0 aromatic heterocycles. The first-order chi connectivity index (χ1) is 9.95. The molecule has 0 spiro atoms. The van der Waals surface area contributed by atoms with Crippen LogP contribution in [-0.4, -0.2) is 16.9 Å². The highest BCUT2D eigenvalue weighted by molar-refractivity contribution is 6.06. The van der Waals surface area contributed by atoms with Gasteiger partial charge in [0.1, 0.15) is 5.75 Å². The number of benzene rings is 2. The number of aromatic hydroxyl groups is 1. The Morgan fingerprint density at radius 3 is 2.33 bits per heavy atom. The minimum atomic E-state index is -0.406. The first-order valence-corrected chi connectivity index (χ1v) is 6.44. The van der Waals surface area contributed by atoms with Crippen LogP contribution in [0, 0.1) is 6.92 Å². The molecule has 0 fully saturated rings. The van der Waals surface area contributed by atoms with E-state index in [0.717, 1.165) is 5.56 Å². The van der Waals surface area contributed by atoms with Crippen molar-refractivity contribution in [2.24, 2.45) is 0 Å². The van der Waals surface area contributed by atoms with Gasteiger partial charge < -0.3 is 15.7 Å². The Labute approximate surface area is 122 Å². The van der Waals surface area contributed by atoms with Gasteiger partial charge in [-0.3, -0.25) is 9.59 Å². The van der Waals surface area contributed by atoms with Gasteiger partial charge in [0.2, 0.25) is 5.91 Å². The third kappa shape index (κ3) is 3.82. The van der Waals surface area contributed by atoms with Crippen molar-refractivity contribution in [2.45, 2.75) is 13.8 Å². The monoisotopic (exact) mass is 284 g/mol. The molecule has 2 rings (SSSR count). The minimum Gasteiger partial charge on any atom is -0.507 e. The molecule has 0 atom stereocenters. The van der Waals surface area contributed by atoms with Crippen LogP contribution in [0.4, 0.5) is 11.4 Å². The number of hydrogen-bond acceptors (Lipinski definition) is 3. The molecule has 0 saturated heterocycles. The largest absolute Gasteiger partial charge is 0.507 e. The summed E-state index contributed by atoms with van der Waals surface area (Å²) in [6.07, 6.45) is 0. The molecular formula is C16H16N2O3. The van der Waals surface area contributed by atoms with Gasteiger partial charge in [0, 0.05) is 18.3 Å². The van der Waals surface area contributed by atoms with Crippen LogP contribution in [0.1, 0.15) is 22.8 Å². The number of anilines is 2. The molecule has 0 heterocycles. The first kappa shape index (κ1) is 14.6. The van der Waals surface area contributed by atoms with Gasteiger partial charge >= 0.3 is 0 Å². The summed E-state index contributed by atoms with van der Waals surface area (Å²) in [4.78, 5) is 23.2. The van der Waals surface area contributed by atoms with Crippen molar-refractivity contribution in [3.63, 3.8) is 0 Å². The van der Waals surface area contributed by atoms with Crippen molar-refractivity contribution in [1.29, 1.82) is 0 Å². The molecule has 5 heteroatoms. The van der Waals surface area contributed by atoms with Crippen LogP contribution in [0.2, 0.25) is 0 Å². The van der Waals surface area contributed by atoms with Gasteiger partial charge in [-0.05, 0) is 37.3 Å². The summed E-state index contributed by atoms with van der Waals surface area (Å²) in [7, 11) is 0. The number of carbonyl (C=O) groups excluding carboxylic acids is 2. The second-order valence-corrected chi connectivity index (χ2v) is 4.74. The molecule has 0 saturated carbocycles. The van der Waals surface area contributed by atoms with Crippen molar-refractivity contribution in [2.75, 3.05) is 10.6 Å². The molecule has 3 N–H and O–H groups in total. The zero-order valence-corrected chi connectivity index (χ0v) is 11.8. The van der Waals surface area contributed by atoms with Gasteiger partial charge in [0.05, 0.1) is 5.56 Å². The normalized spacial score (nSPS) is 10.0. The van der Waals surface area contributed by atoms with Crippen LogP contribution in [0.5, 0.6) is 5.75 Å². The van der Waals surface area contributed by atoms with Crippen LogP contribution in [0.15, 0.2) is 42.5 Å². The minimum absolute atomic E-state index is 0.0730. The molecule has 0 aliphatic carbocycles. The third-order valence-electron chi connectivity index (χ3n) is 2.84. The molecule has 21 heavy (non-hydrogen) atoms. The number of carbonyl (C=O) groups is 2. The number of amides is 2. The summed E-state index contributed by atoms with van der Waals surface area (Å²) < 4.78 is 0. The van der Waals surface area contributed by atoms with E-state index in [4.69, 9.17) is 0 Å². The quantitative estimate of drug-likeness (QED) is 0.811. The Morgan fingerprint density at radius 1 is 1.00 bits per heavy atom. The maximum atomic E-state index is 12.2. The van der Waals surface area contributed by atoms with Crippen LogP contribution < -0.4 is 10.6 Å². The van der Waals surface area contributed by atoms with E-state index in [1.54, 1.807) is 36.4 Å². The Morgan fingerprint density at radius 2 is 1.67 bits per heavy atom. The molecule has 2 aromatic carbocycles. The van der Waals surface area contributed by atoms with E-state index >= 15 is 0 Å². The van der Waals surface area contributed by atoms with Gasteiger partial charge in [-0.15, -0.1) is 0 Å². The van der Waals surface area contributed by atoms with Crippen molar-refractivity contribution in [3.05, 3.63) is 53.6 Å². The highest BCUT2D eigenvalue weighted by atomic mass is 16.3. The maximum Gasteiger partial charge on any atom is 0.259 e. The molecule has 0 radical (unpaired) electrons. The summed E-state index contributed by atoms with van der Waals surface area (Å²) in [6, 6.07) is 11.6. The molecule has 0 aliphatic rings. The average Bonchev–Trinajstić information content (AvgIpc) is 2.41. The fourth-order valence-corrected chi connectivity index (χ4v) is 1.91. The van der Waals surface area contributed by atoms with Crippen molar-refractivity contribution >= 4 is 23.2 Å². The predicted molar refractivity (Wildman–Crippen MR) is 81.5 cm³/mol. The number of nitrogens with one attached hydrogen (secondary N) is 2. The number of phenols is 1. The van der Waals surface area contributed by atoms with E-state index in [9.17, 15) is 14.7 Å². The highest BCUT2D eigenvalue weighted by Gasteiger charge is 2.11. The molecule has 108 valence electrons. The van der Waals surface area contributed by atoms with Crippen molar-refractivity contribution < 1.29 is 14.7 Å². The maximum absolute atomic E-state index is 12.2. The summed E-state index contributed by atoms with van der Waals surface area (Å²) in [5.41, 5.74) is 2.21. The molecule has 2 aromatic rings. The fourth-order valence-electron chi connectivity index (χ4n) is 1.91. The lowest BCUT2D eigenvalue weighted by Gasteiger charge is -2.09. The van der Waals surface area contributed by atoms with Crippen LogP contribution in [0.25, 0.3) is 0 Å². The van der Waals surface area contributed by atoms with Crippen LogP contribution in [0.3, 0.4) is 0 Å². The lowest BCUT2D eigenvalue weighted by atomic mass is 10.1. The van der Waals surface area contributed by atoms with E-state index in [1.807, 2.05) is 6.92 Å². The molecule has 5 nitrogen and oxygen atoms in total. The lowest BCUT2D eigenvalue weighted by Crippen LogP contribution is -2.13. The van der Waals surface area contributed by atoms with E-state index in [0.29, 0.717) is 11.4 Å². The Kier molecular flexibility index (Phi) is 4.23. The van der Waals surface area contributed by atoms with Gasteiger partial charge in [-0.1, -0.05) is 17.7 Å². The zero-order valence-electron chi connectivity index (χ0n) is 11.8. The number of rotatable bonds is 3. The molecule has 2 amide bonds. The van der Waals surface area contributed by atoms with Crippen molar-refractivity contribution in [3.8, 4) is 5.75 Å². The first-order valence-electron chi connectivity index (χ1n) is 6.44. The second kappa shape index (κ2) is 6.09. The van der Waals surface area contributed by atoms with Gasteiger partial charge in [-0.2, -0.15) is 0 Å². The third-order valence-corrected chi connectivity index (χ3v) is 2.84. The van der Waals surface area contributed by atoms with Gasteiger partial charge in [0.25, 0.3) is 5.91 Å². The number of aryl methyl sites for hydroxylation is 1. The summed E-state index contributed by atoms with van der Waals surface area (Å²) in [5.74, 6) is -0.665. The Bertz CT molecular complexity index is 696. The van der Waals surface area contributed by atoms with Crippen LogP contribution >= 0.6 is 0 Å². The summed E-state index contributed by atoms with van der Waals surface area (Å²) in [6.45, 7) is 3.25. The Hall–Kier alpha value is -2.82. The molecule has 0 unspecified atom stereocenters. The number of hydrogen-bond donors (Lipinski definition) is 3. The standard InChI is InChI=1S/C16H16N2O3/c1-10-6-7-15(20)14(8-10)16(21)18-13-5-3-4-12(9-13)17-11(2)19/h3-9,20H,1-2H3,(H,17,19)(H,18,21). The smallest absolute Gasteiger partial charge is 0.259 e. The lowest BCUT2D eigenvalue weighted by molar-refractivity contribution is -0.114. The average molecular weight is 284 g/mol. The molecular weight excluding hydrogens is 268 g/mol. The van der Waals surface area contributed by atoms with Crippen molar-refractivity contribution in [1.82, 2.24) is 0 Å². The van der Waals surface area contributed by atoms with E-state index in [-0.39, 0.29) is 17.2 Å². The van der Waals surface area contributed by atoms with Crippen LogP contribution in [-0.2, 0) is 4.79 Å². The van der Waals surface area contributed by atoms with E-state index < -0.39 is 5.91 Å². The van der Waals surface area contributed by atoms with Gasteiger partial charge in [0.15, 0.2) is 0 Å². The summed E-state index contributed by atoms with van der Waals surface area (Å²) >= 11 is 0. The highest BCUT2D eigenvalue weighted by Crippen LogP contribution is 2.21. The fraction of sp³-hybridized carbons (Fsp3) is 0.125. The molecule has 0 bridgehead atoms. The SMILES string of the molecule is CC(=O)Nc1cccc(NC(=O)c2cc(C)ccc2O)c1. The topological polar surface area (TPSA) is 78.4 Å². The van der Waals surface area contributed by atoms with E-state index in [1.165, 1.54) is 13.0 Å². The number of phenolic OH excluding ortho intramolecular Hbond substituents is 1. The Balaban J connectivity index is 2.19. The predicted octanol–water partition coefficient (Wildman–Crippen LogP) is 2.91. The van der Waals surface area contributed by atoms with Gasteiger partial charge in [-0.25, -0.2) is 0 Å². The second-order valence-electron chi connectivity index (χ2n) is 4.74. The zero-order chi connectivity index (χ0) is 15.4.